The lowest BCUT2D eigenvalue weighted by Gasteiger charge is -2.33. The standard InChI is InChI=1S/C18H24F3NO4/c1-17(2,3)26-16(24)22-8-6-13(7-9-22)25-14-5-4-12(11-23)15(10-14)18(19,20)21/h4-5,10,13,23H,6-9,11H2,1-3H3. The number of carbonyl (C=O) groups excluding carboxylic acids is 1. The van der Waals surface area contributed by atoms with Crippen molar-refractivity contribution in [1.29, 1.82) is 0 Å². The van der Waals surface area contributed by atoms with Gasteiger partial charge in [0.05, 0.1) is 12.2 Å². The molecule has 0 bridgehead atoms. The Morgan fingerprint density at radius 1 is 1.23 bits per heavy atom. The third kappa shape index (κ3) is 5.52. The Kier molecular flexibility index (Phi) is 6.05. The summed E-state index contributed by atoms with van der Waals surface area (Å²) in [5.41, 5.74) is -1.67. The molecular formula is C18H24F3NO4. The number of alkyl halides is 3. The van der Waals surface area contributed by atoms with Crippen molar-refractivity contribution in [3.63, 3.8) is 0 Å². The maximum atomic E-state index is 13.0. The number of hydrogen-bond acceptors (Lipinski definition) is 4. The number of likely N-dealkylation sites (tertiary alicyclic amines) is 1. The Balaban J connectivity index is 1.96. The Hall–Kier alpha value is -1.96. The summed E-state index contributed by atoms with van der Waals surface area (Å²) in [4.78, 5) is 13.6. The van der Waals surface area contributed by atoms with Gasteiger partial charge in [-0.25, -0.2) is 4.79 Å². The minimum Gasteiger partial charge on any atom is -0.490 e. The van der Waals surface area contributed by atoms with Gasteiger partial charge in [-0.1, -0.05) is 6.07 Å². The van der Waals surface area contributed by atoms with E-state index < -0.39 is 30.0 Å². The zero-order valence-electron chi connectivity index (χ0n) is 15.1. The molecule has 0 unspecified atom stereocenters. The Morgan fingerprint density at radius 2 is 1.85 bits per heavy atom. The number of carbonyl (C=O) groups is 1. The van der Waals surface area contributed by atoms with Gasteiger partial charge in [0.15, 0.2) is 0 Å². The molecule has 0 aromatic heterocycles. The number of rotatable bonds is 3. The van der Waals surface area contributed by atoms with Crippen LogP contribution in [0.3, 0.4) is 0 Å². The Bertz CT molecular complexity index is 632. The number of aliphatic hydroxyl groups is 1. The van der Waals surface area contributed by atoms with Crippen LogP contribution in [0.25, 0.3) is 0 Å². The molecule has 26 heavy (non-hydrogen) atoms. The van der Waals surface area contributed by atoms with Crippen LogP contribution in [0.15, 0.2) is 18.2 Å². The van der Waals surface area contributed by atoms with E-state index in [9.17, 15) is 18.0 Å². The highest BCUT2D eigenvalue weighted by Gasteiger charge is 2.34. The smallest absolute Gasteiger partial charge is 0.416 e. The second-order valence-electron chi connectivity index (χ2n) is 7.26. The lowest BCUT2D eigenvalue weighted by atomic mass is 10.1. The van der Waals surface area contributed by atoms with Crippen molar-refractivity contribution in [2.24, 2.45) is 0 Å². The van der Waals surface area contributed by atoms with Gasteiger partial charge in [-0.05, 0) is 38.5 Å². The number of amides is 1. The first-order valence-corrected chi connectivity index (χ1v) is 8.45. The van der Waals surface area contributed by atoms with Crippen molar-refractivity contribution in [3.8, 4) is 5.75 Å². The van der Waals surface area contributed by atoms with E-state index in [2.05, 4.69) is 0 Å². The van der Waals surface area contributed by atoms with E-state index in [4.69, 9.17) is 14.6 Å². The fraction of sp³-hybridized carbons (Fsp3) is 0.611. The van der Waals surface area contributed by atoms with Crippen LogP contribution in [0, 0.1) is 0 Å². The lowest BCUT2D eigenvalue weighted by Crippen LogP contribution is -2.44. The minimum atomic E-state index is -4.56. The van der Waals surface area contributed by atoms with Gasteiger partial charge in [0.1, 0.15) is 17.5 Å². The SMILES string of the molecule is CC(C)(C)OC(=O)N1CCC(Oc2ccc(CO)c(C(F)(F)F)c2)CC1. The summed E-state index contributed by atoms with van der Waals surface area (Å²) < 4.78 is 50.1. The first kappa shape index (κ1) is 20.4. The number of piperidine rings is 1. The fourth-order valence-electron chi connectivity index (χ4n) is 2.71. The van der Waals surface area contributed by atoms with E-state index in [0.29, 0.717) is 25.9 Å². The first-order chi connectivity index (χ1) is 12.0. The molecule has 0 spiro atoms. The number of nitrogens with zero attached hydrogens (tertiary/aromatic N) is 1. The Morgan fingerprint density at radius 3 is 2.35 bits per heavy atom. The monoisotopic (exact) mass is 375 g/mol. The van der Waals surface area contributed by atoms with Crippen molar-refractivity contribution in [1.82, 2.24) is 4.90 Å². The average molecular weight is 375 g/mol. The van der Waals surface area contributed by atoms with Gasteiger partial charge in [-0.3, -0.25) is 0 Å². The quantitative estimate of drug-likeness (QED) is 0.868. The van der Waals surface area contributed by atoms with Crippen molar-refractivity contribution in [2.45, 2.75) is 58.1 Å². The molecule has 0 aliphatic carbocycles. The number of hydrogen-bond donors (Lipinski definition) is 1. The molecule has 0 atom stereocenters. The summed E-state index contributed by atoms with van der Waals surface area (Å²) in [6.07, 6.45) is -4.24. The largest absolute Gasteiger partial charge is 0.490 e. The highest BCUT2D eigenvalue weighted by Crippen LogP contribution is 2.35. The van der Waals surface area contributed by atoms with Gasteiger partial charge in [-0.15, -0.1) is 0 Å². The molecule has 1 fully saturated rings. The zero-order valence-corrected chi connectivity index (χ0v) is 15.1. The van der Waals surface area contributed by atoms with Crippen LogP contribution >= 0.6 is 0 Å². The summed E-state index contributed by atoms with van der Waals surface area (Å²) in [6.45, 7) is 5.50. The van der Waals surface area contributed by atoms with Gasteiger partial charge in [0, 0.05) is 25.9 Å². The highest BCUT2D eigenvalue weighted by molar-refractivity contribution is 5.68. The van der Waals surface area contributed by atoms with Crippen molar-refractivity contribution >= 4 is 6.09 Å². The first-order valence-electron chi connectivity index (χ1n) is 8.45. The zero-order chi connectivity index (χ0) is 19.5. The molecule has 1 heterocycles. The van der Waals surface area contributed by atoms with E-state index in [1.807, 2.05) is 0 Å². The van der Waals surface area contributed by atoms with E-state index >= 15 is 0 Å². The molecule has 146 valence electrons. The summed E-state index contributed by atoms with van der Waals surface area (Å²) in [5, 5.41) is 9.07. The third-order valence-electron chi connectivity index (χ3n) is 3.95. The molecular weight excluding hydrogens is 351 g/mol. The number of halogens is 3. The van der Waals surface area contributed by atoms with Gasteiger partial charge < -0.3 is 19.5 Å². The summed E-state index contributed by atoms with van der Waals surface area (Å²) in [5.74, 6) is 0.102. The topological polar surface area (TPSA) is 59.0 Å². The minimum absolute atomic E-state index is 0.102. The number of benzene rings is 1. The van der Waals surface area contributed by atoms with Gasteiger partial charge in [0.25, 0.3) is 0 Å². The van der Waals surface area contributed by atoms with E-state index in [1.165, 1.54) is 12.1 Å². The van der Waals surface area contributed by atoms with Crippen LogP contribution in [-0.4, -0.2) is 40.9 Å². The maximum absolute atomic E-state index is 13.0. The van der Waals surface area contributed by atoms with Crippen LogP contribution in [0.5, 0.6) is 5.75 Å². The van der Waals surface area contributed by atoms with Crippen LogP contribution in [0.4, 0.5) is 18.0 Å². The molecule has 8 heteroatoms. The van der Waals surface area contributed by atoms with Gasteiger partial charge >= 0.3 is 12.3 Å². The molecule has 0 saturated carbocycles. The van der Waals surface area contributed by atoms with Gasteiger partial charge in [-0.2, -0.15) is 13.2 Å². The summed E-state index contributed by atoms with van der Waals surface area (Å²) in [6, 6.07) is 3.54. The number of ether oxygens (including phenoxy) is 2. The van der Waals surface area contributed by atoms with Crippen molar-refractivity contribution < 1.29 is 32.5 Å². The summed E-state index contributed by atoms with van der Waals surface area (Å²) in [7, 11) is 0. The molecule has 5 nitrogen and oxygen atoms in total. The molecule has 1 saturated heterocycles. The summed E-state index contributed by atoms with van der Waals surface area (Å²) >= 11 is 0. The molecule has 1 aliphatic heterocycles. The lowest BCUT2D eigenvalue weighted by molar-refractivity contribution is -0.138. The van der Waals surface area contributed by atoms with Crippen molar-refractivity contribution in [2.75, 3.05) is 13.1 Å². The maximum Gasteiger partial charge on any atom is 0.416 e. The highest BCUT2D eigenvalue weighted by atomic mass is 19.4. The van der Waals surface area contributed by atoms with Crippen molar-refractivity contribution in [3.05, 3.63) is 29.3 Å². The average Bonchev–Trinajstić information content (AvgIpc) is 2.53. The molecule has 2 rings (SSSR count). The Labute approximate surface area is 150 Å². The van der Waals surface area contributed by atoms with Crippen LogP contribution in [-0.2, 0) is 17.5 Å². The predicted octanol–water partition coefficient (Wildman–Crippen LogP) is 3.98. The van der Waals surface area contributed by atoms with E-state index in [1.54, 1.807) is 25.7 Å². The fourth-order valence-corrected chi connectivity index (χ4v) is 2.71. The van der Waals surface area contributed by atoms with Crippen LogP contribution < -0.4 is 4.74 Å². The second kappa shape index (κ2) is 7.73. The molecule has 1 aliphatic rings. The normalized spacial score (nSPS) is 16.5. The van der Waals surface area contributed by atoms with Crippen LogP contribution in [0.2, 0.25) is 0 Å². The second-order valence-corrected chi connectivity index (χ2v) is 7.26. The molecule has 0 radical (unpaired) electrons. The third-order valence-corrected chi connectivity index (χ3v) is 3.95. The molecule has 1 N–H and O–H groups in total. The van der Waals surface area contributed by atoms with E-state index in [0.717, 1.165) is 6.07 Å². The predicted molar refractivity (Wildman–Crippen MR) is 88.8 cm³/mol. The number of aliphatic hydroxyl groups excluding tert-OH is 1. The van der Waals surface area contributed by atoms with Crippen LogP contribution in [0.1, 0.15) is 44.7 Å². The molecule has 1 aromatic carbocycles. The molecule has 1 amide bonds. The van der Waals surface area contributed by atoms with E-state index in [-0.39, 0.29) is 17.4 Å². The van der Waals surface area contributed by atoms with Gasteiger partial charge in [0.2, 0.25) is 0 Å². The molecule has 1 aromatic rings.